The highest BCUT2D eigenvalue weighted by Gasteiger charge is 2.57. The van der Waals surface area contributed by atoms with Crippen LogP contribution in [0, 0.1) is 5.92 Å². The van der Waals surface area contributed by atoms with Crippen LogP contribution in [0.4, 0.5) is 14.5 Å². The summed E-state index contributed by atoms with van der Waals surface area (Å²) < 4.78 is 32.8. The van der Waals surface area contributed by atoms with Crippen LogP contribution in [0.2, 0.25) is 0 Å². The number of hydrogen-bond donors (Lipinski definition) is 1. The molecule has 0 radical (unpaired) electrons. The molecule has 0 bridgehead atoms. The van der Waals surface area contributed by atoms with Gasteiger partial charge in [0, 0.05) is 48.5 Å². The first-order valence-corrected chi connectivity index (χ1v) is 10.2. The third-order valence-electron chi connectivity index (χ3n) is 5.93. The predicted molar refractivity (Wildman–Crippen MR) is 110 cm³/mol. The summed E-state index contributed by atoms with van der Waals surface area (Å²) >= 11 is 0. The highest BCUT2D eigenvalue weighted by atomic mass is 19.3. The maximum Gasteiger partial charge on any atom is 0.255 e. The van der Waals surface area contributed by atoms with Gasteiger partial charge in [-0.1, -0.05) is 0 Å². The quantitative estimate of drug-likeness (QED) is 0.732. The van der Waals surface area contributed by atoms with Gasteiger partial charge in [0.25, 0.3) is 5.92 Å². The summed E-state index contributed by atoms with van der Waals surface area (Å²) in [7, 11) is 0. The summed E-state index contributed by atoms with van der Waals surface area (Å²) in [5.74, 6) is -2.91. The van der Waals surface area contributed by atoms with Gasteiger partial charge < -0.3 is 15.4 Å². The van der Waals surface area contributed by atoms with Crippen LogP contribution in [0.25, 0.3) is 5.57 Å². The van der Waals surface area contributed by atoms with Crippen molar-refractivity contribution >= 4 is 23.4 Å². The molecule has 5 nitrogen and oxygen atoms in total. The van der Waals surface area contributed by atoms with E-state index >= 15 is 0 Å². The van der Waals surface area contributed by atoms with Crippen LogP contribution in [0.15, 0.2) is 23.3 Å². The molecule has 4 rings (SSSR count). The van der Waals surface area contributed by atoms with Crippen LogP contribution in [0.1, 0.15) is 50.7 Å². The molecule has 2 aliphatic carbocycles. The Balaban J connectivity index is 1.73. The van der Waals surface area contributed by atoms with E-state index in [1.165, 1.54) is 13.1 Å². The average molecular weight is 403 g/mol. The van der Waals surface area contributed by atoms with E-state index in [0.29, 0.717) is 23.8 Å². The smallest absolute Gasteiger partial charge is 0.255 e. The summed E-state index contributed by atoms with van der Waals surface area (Å²) in [6.07, 6.45) is 6.71. The van der Waals surface area contributed by atoms with Gasteiger partial charge in [-0.3, -0.25) is 9.79 Å². The standard InChI is InChI=1S/C22H27F2N3O2/c1-13-3-6-19-20(27(13)14(2)28)8-7-18(15(10-25)11-26-17-4-5-17)21(19)29-12-16-9-22(16,23)24/h7-8,10-11,13,16-17H,3-6,9,12,25H2,1-2H3. The van der Waals surface area contributed by atoms with Gasteiger partial charge in [0.05, 0.1) is 24.3 Å². The van der Waals surface area contributed by atoms with Gasteiger partial charge >= 0.3 is 0 Å². The molecule has 1 heterocycles. The number of alkyl halides is 2. The molecule has 156 valence electrons. The molecule has 0 saturated heterocycles. The molecule has 1 amide bonds. The topological polar surface area (TPSA) is 67.9 Å². The Bertz CT molecular complexity index is 877. The van der Waals surface area contributed by atoms with Gasteiger partial charge in [-0.25, -0.2) is 8.78 Å². The van der Waals surface area contributed by atoms with Crippen molar-refractivity contribution in [2.75, 3.05) is 11.5 Å². The lowest BCUT2D eigenvalue weighted by atomic mass is 9.91. The summed E-state index contributed by atoms with van der Waals surface area (Å²) in [5, 5.41) is 0. The van der Waals surface area contributed by atoms with E-state index in [-0.39, 0.29) is 25.0 Å². The number of carbonyl (C=O) groups is 1. The van der Waals surface area contributed by atoms with E-state index in [4.69, 9.17) is 10.5 Å². The summed E-state index contributed by atoms with van der Waals surface area (Å²) in [6.45, 7) is 3.50. The first kappa shape index (κ1) is 19.9. The lowest BCUT2D eigenvalue weighted by molar-refractivity contribution is -0.117. The van der Waals surface area contributed by atoms with E-state index in [2.05, 4.69) is 4.99 Å². The van der Waals surface area contributed by atoms with Crippen LogP contribution in [0.3, 0.4) is 0 Å². The van der Waals surface area contributed by atoms with Crippen molar-refractivity contribution < 1.29 is 18.3 Å². The molecule has 3 aliphatic rings. The normalized spacial score (nSPS) is 25.8. The van der Waals surface area contributed by atoms with Crippen LogP contribution < -0.4 is 15.4 Å². The minimum absolute atomic E-state index is 0.0456. The number of aliphatic imine (C=N–C) groups is 1. The molecule has 0 spiro atoms. The Kier molecular flexibility index (Phi) is 5.09. The van der Waals surface area contributed by atoms with E-state index < -0.39 is 11.8 Å². The molecule has 2 unspecified atom stereocenters. The summed E-state index contributed by atoms with van der Waals surface area (Å²) in [5.41, 5.74) is 8.96. The van der Waals surface area contributed by atoms with E-state index in [1.54, 1.807) is 11.1 Å². The van der Waals surface area contributed by atoms with E-state index in [9.17, 15) is 13.6 Å². The molecular weight excluding hydrogens is 376 g/mol. The Labute approximate surface area is 169 Å². The molecule has 1 aliphatic heterocycles. The minimum atomic E-state index is -2.64. The molecule has 29 heavy (non-hydrogen) atoms. The molecule has 7 heteroatoms. The van der Waals surface area contributed by atoms with Crippen LogP contribution in [-0.2, 0) is 11.2 Å². The summed E-state index contributed by atoms with van der Waals surface area (Å²) in [6, 6.07) is 4.16. The van der Waals surface area contributed by atoms with Gasteiger partial charge in [0.1, 0.15) is 5.75 Å². The van der Waals surface area contributed by atoms with Crippen molar-refractivity contribution in [1.82, 2.24) is 0 Å². The van der Waals surface area contributed by atoms with E-state index in [1.807, 2.05) is 19.1 Å². The number of carbonyl (C=O) groups excluding carboxylic acids is 1. The number of nitrogens with zero attached hydrogens (tertiary/aromatic N) is 2. The van der Waals surface area contributed by atoms with Gasteiger partial charge in [0.2, 0.25) is 5.91 Å². The Morgan fingerprint density at radius 2 is 2.10 bits per heavy atom. The maximum atomic E-state index is 13.4. The maximum absolute atomic E-state index is 13.4. The molecular formula is C22H27F2N3O2. The fraction of sp³-hybridized carbons (Fsp3) is 0.545. The second-order valence-corrected chi connectivity index (χ2v) is 8.32. The van der Waals surface area contributed by atoms with Gasteiger partial charge in [-0.2, -0.15) is 0 Å². The average Bonchev–Trinajstić information content (AvgIpc) is 3.58. The van der Waals surface area contributed by atoms with Crippen molar-refractivity contribution in [3.05, 3.63) is 29.5 Å². The number of ether oxygens (including phenoxy) is 1. The first-order valence-electron chi connectivity index (χ1n) is 10.2. The van der Waals surface area contributed by atoms with Crippen molar-refractivity contribution in [3.8, 4) is 5.75 Å². The molecule has 2 atom stereocenters. The minimum Gasteiger partial charge on any atom is -0.492 e. The zero-order chi connectivity index (χ0) is 20.8. The van der Waals surface area contributed by atoms with Crippen molar-refractivity contribution in [1.29, 1.82) is 0 Å². The molecule has 1 aromatic rings. The number of benzene rings is 1. The number of allylic oxidation sites excluding steroid dienone is 1. The van der Waals surface area contributed by atoms with Crippen molar-refractivity contribution in [2.24, 2.45) is 16.6 Å². The van der Waals surface area contributed by atoms with Crippen molar-refractivity contribution in [2.45, 2.75) is 64.0 Å². The first-order chi connectivity index (χ1) is 13.8. The number of fused-ring (bicyclic) bond motifs is 1. The fourth-order valence-corrected chi connectivity index (χ4v) is 3.92. The van der Waals surface area contributed by atoms with Crippen molar-refractivity contribution in [3.63, 3.8) is 0 Å². The highest BCUT2D eigenvalue weighted by molar-refractivity contribution is 6.11. The second-order valence-electron chi connectivity index (χ2n) is 8.32. The molecule has 2 N–H and O–H groups in total. The van der Waals surface area contributed by atoms with Crippen LogP contribution in [0.5, 0.6) is 5.75 Å². The monoisotopic (exact) mass is 403 g/mol. The Morgan fingerprint density at radius 1 is 1.38 bits per heavy atom. The SMILES string of the molecule is CC(=O)N1c2ccc(C(C=NC3CC3)=CN)c(OCC3CC3(F)F)c2CCC1C. The zero-order valence-corrected chi connectivity index (χ0v) is 16.8. The van der Waals surface area contributed by atoms with Gasteiger partial charge in [0.15, 0.2) is 0 Å². The second kappa shape index (κ2) is 7.43. The fourth-order valence-electron chi connectivity index (χ4n) is 3.92. The number of halogens is 2. The number of hydrogen-bond acceptors (Lipinski definition) is 4. The highest BCUT2D eigenvalue weighted by Crippen LogP contribution is 2.49. The number of amides is 1. The van der Waals surface area contributed by atoms with Crippen LogP contribution >= 0.6 is 0 Å². The lowest BCUT2D eigenvalue weighted by Crippen LogP contribution is -2.41. The Morgan fingerprint density at radius 3 is 2.69 bits per heavy atom. The third kappa shape index (κ3) is 4.00. The van der Waals surface area contributed by atoms with Crippen LogP contribution in [-0.4, -0.2) is 36.7 Å². The predicted octanol–water partition coefficient (Wildman–Crippen LogP) is 3.94. The molecule has 2 fully saturated rings. The lowest BCUT2D eigenvalue weighted by Gasteiger charge is -2.36. The van der Waals surface area contributed by atoms with E-state index in [0.717, 1.165) is 36.1 Å². The summed E-state index contributed by atoms with van der Waals surface area (Å²) in [4.78, 5) is 18.5. The van der Waals surface area contributed by atoms with Gasteiger partial charge in [-0.15, -0.1) is 0 Å². The number of rotatable bonds is 6. The van der Waals surface area contributed by atoms with Gasteiger partial charge in [-0.05, 0) is 44.7 Å². The number of nitrogens with two attached hydrogens (primary N) is 1. The third-order valence-corrected chi connectivity index (χ3v) is 5.93. The molecule has 0 aromatic heterocycles. The molecule has 2 saturated carbocycles. The Hall–Kier alpha value is -2.44. The zero-order valence-electron chi connectivity index (χ0n) is 16.8. The number of anilines is 1. The largest absolute Gasteiger partial charge is 0.492 e. The molecule has 1 aromatic carbocycles.